The summed E-state index contributed by atoms with van der Waals surface area (Å²) < 4.78 is 20.4. The Morgan fingerprint density at radius 3 is 2.88 bits per heavy atom. The third kappa shape index (κ3) is 3.70. The van der Waals surface area contributed by atoms with Gasteiger partial charge in [-0.3, -0.25) is 9.36 Å². The van der Waals surface area contributed by atoms with E-state index in [1.807, 2.05) is 6.92 Å². The van der Waals surface area contributed by atoms with E-state index >= 15 is 0 Å². The van der Waals surface area contributed by atoms with Crippen LogP contribution in [0.1, 0.15) is 54.4 Å². The molecule has 0 saturated carbocycles. The van der Waals surface area contributed by atoms with Crippen molar-refractivity contribution in [2.24, 2.45) is 5.16 Å². The number of rotatable bonds is 4. The van der Waals surface area contributed by atoms with Gasteiger partial charge in [-0.05, 0) is 64.3 Å². The second-order valence-corrected chi connectivity index (χ2v) is 8.68. The van der Waals surface area contributed by atoms with Gasteiger partial charge in [0.25, 0.3) is 5.56 Å². The van der Waals surface area contributed by atoms with Gasteiger partial charge in [0, 0.05) is 41.7 Å². The molecule has 9 heteroatoms. The number of fused-ring (bicyclic) bond motifs is 2. The smallest absolute Gasteiger partial charge is 0.257 e. The van der Waals surface area contributed by atoms with Crippen LogP contribution in [0.4, 0.5) is 4.39 Å². The Bertz CT molecular complexity index is 1240. The summed E-state index contributed by atoms with van der Waals surface area (Å²) in [6, 6.07) is 4.57. The number of halogens is 1. The maximum Gasteiger partial charge on any atom is 0.257 e. The molecule has 0 spiro atoms. The van der Waals surface area contributed by atoms with Crippen LogP contribution in [0.3, 0.4) is 0 Å². The third-order valence-electron chi connectivity index (χ3n) is 6.76. The van der Waals surface area contributed by atoms with E-state index < -0.39 is 0 Å². The lowest BCUT2D eigenvalue weighted by molar-refractivity contribution is 0.211. The van der Waals surface area contributed by atoms with Crippen molar-refractivity contribution in [1.82, 2.24) is 19.6 Å². The van der Waals surface area contributed by atoms with Crippen LogP contribution in [0.2, 0.25) is 0 Å². The van der Waals surface area contributed by atoms with Crippen molar-refractivity contribution in [3.63, 3.8) is 0 Å². The molecule has 1 N–H and O–H groups in total. The highest BCUT2D eigenvalue weighted by Crippen LogP contribution is 2.32. The van der Waals surface area contributed by atoms with E-state index in [1.165, 1.54) is 12.1 Å². The Kier molecular flexibility index (Phi) is 5.50. The molecule has 0 bridgehead atoms. The Morgan fingerprint density at radius 1 is 1.28 bits per heavy atom. The highest BCUT2D eigenvalue weighted by atomic mass is 19.1. The fourth-order valence-corrected chi connectivity index (χ4v) is 4.95. The maximum absolute atomic E-state index is 13.4. The minimum absolute atomic E-state index is 0.0236. The van der Waals surface area contributed by atoms with Crippen LogP contribution < -0.4 is 5.56 Å². The summed E-state index contributed by atoms with van der Waals surface area (Å²) in [7, 11) is 0. The molecule has 1 aromatic carbocycles. The van der Waals surface area contributed by atoms with E-state index in [0.29, 0.717) is 42.2 Å². The molecule has 0 aliphatic carbocycles. The topological polar surface area (TPSA) is 96.8 Å². The summed E-state index contributed by atoms with van der Waals surface area (Å²) in [5.74, 6) is 0.454. The molecule has 4 heterocycles. The molecule has 2 aromatic heterocycles. The molecule has 2 aliphatic heterocycles. The lowest BCUT2D eigenvalue weighted by Gasteiger charge is -2.31. The molecule has 2 aliphatic rings. The van der Waals surface area contributed by atoms with Crippen molar-refractivity contribution >= 4 is 16.7 Å². The van der Waals surface area contributed by atoms with E-state index in [2.05, 4.69) is 20.2 Å². The quantitative estimate of drug-likeness (QED) is 0.495. The van der Waals surface area contributed by atoms with E-state index in [4.69, 9.17) is 4.52 Å². The molecule has 0 radical (unpaired) electrons. The van der Waals surface area contributed by atoms with E-state index in [1.54, 1.807) is 10.6 Å². The molecule has 8 nitrogen and oxygen atoms in total. The first-order valence-corrected chi connectivity index (χ1v) is 11.1. The van der Waals surface area contributed by atoms with Crippen molar-refractivity contribution in [3.8, 4) is 0 Å². The highest BCUT2D eigenvalue weighted by molar-refractivity contribution is 5.97. The number of likely N-dealkylation sites (tertiary alicyclic amines) is 1. The lowest BCUT2D eigenvalue weighted by atomic mass is 9.91. The molecule has 0 atom stereocenters. The normalized spacial score (nSPS) is 19.0. The molecule has 32 heavy (non-hydrogen) atoms. The molecule has 1 fully saturated rings. The number of aryl methyl sites for hydroxylation is 1. The Hall–Kier alpha value is -3.07. The second kappa shape index (κ2) is 8.46. The summed E-state index contributed by atoms with van der Waals surface area (Å²) in [6.45, 7) is 5.05. The zero-order valence-corrected chi connectivity index (χ0v) is 18.1. The largest absolute Gasteiger partial charge is 0.411 e. The molecule has 168 valence electrons. The summed E-state index contributed by atoms with van der Waals surface area (Å²) in [5.41, 5.74) is 3.31. The van der Waals surface area contributed by atoms with Gasteiger partial charge in [0.1, 0.15) is 11.5 Å². The van der Waals surface area contributed by atoms with Crippen LogP contribution in [0.25, 0.3) is 11.0 Å². The van der Waals surface area contributed by atoms with E-state index in [0.717, 1.165) is 55.5 Å². The average Bonchev–Trinajstić information content (AvgIpc) is 3.22. The van der Waals surface area contributed by atoms with Gasteiger partial charge in [0.2, 0.25) is 0 Å². The zero-order chi connectivity index (χ0) is 22.2. The number of hydrogen-bond donors (Lipinski definition) is 1. The van der Waals surface area contributed by atoms with Gasteiger partial charge in [-0.1, -0.05) is 10.3 Å². The predicted molar refractivity (Wildman–Crippen MR) is 117 cm³/mol. The number of oxime groups is 1. The molecule has 1 saturated heterocycles. The predicted octanol–water partition coefficient (Wildman–Crippen LogP) is 3.23. The Labute approximate surface area is 184 Å². The van der Waals surface area contributed by atoms with Crippen LogP contribution >= 0.6 is 0 Å². The third-order valence-corrected chi connectivity index (χ3v) is 6.76. The summed E-state index contributed by atoms with van der Waals surface area (Å²) in [4.78, 5) is 20.0. The zero-order valence-electron chi connectivity index (χ0n) is 18.1. The van der Waals surface area contributed by atoms with Crippen molar-refractivity contribution in [2.75, 3.05) is 19.6 Å². The SMILES string of the molecule is Cc1nc2n(c(=O)c1CCN1CCC(c3noc4cc(F)ccc34)CC1)CCC/C2=N/O. The minimum Gasteiger partial charge on any atom is -0.411 e. The lowest BCUT2D eigenvalue weighted by Crippen LogP contribution is -2.38. The second-order valence-electron chi connectivity index (χ2n) is 8.68. The van der Waals surface area contributed by atoms with Gasteiger partial charge >= 0.3 is 0 Å². The van der Waals surface area contributed by atoms with Crippen molar-refractivity contribution < 1.29 is 14.1 Å². The van der Waals surface area contributed by atoms with Crippen molar-refractivity contribution in [1.29, 1.82) is 0 Å². The van der Waals surface area contributed by atoms with Crippen molar-refractivity contribution in [2.45, 2.75) is 51.5 Å². The van der Waals surface area contributed by atoms with Crippen LogP contribution in [-0.4, -0.2) is 50.2 Å². The average molecular weight is 439 g/mol. The fraction of sp³-hybridized carbons (Fsp3) is 0.478. The van der Waals surface area contributed by atoms with Crippen LogP contribution in [0, 0.1) is 12.7 Å². The Morgan fingerprint density at radius 2 is 2.09 bits per heavy atom. The highest BCUT2D eigenvalue weighted by Gasteiger charge is 2.26. The van der Waals surface area contributed by atoms with Gasteiger partial charge in [0.15, 0.2) is 11.4 Å². The van der Waals surface area contributed by atoms with E-state index in [-0.39, 0.29) is 17.3 Å². The summed E-state index contributed by atoms with van der Waals surface area (Å²) >= 11 is 0. The molecule has 3 aromatic rings. The van der Waals surface area contributed by atoms with Crippen LogP contribution in [-0.2, 0) is 13.0 Å². The Balaban J connectivity index is 1.25. The molecule has 0 unspecified atom stereocenters. The van der Waals surface area contributed by atoms with Crippen molar-refractivity contribution in [3.05, 3.63) is 57.1 Å². The number of hydrogen-bond acceptors (Lipinski definition) is 7. The molecular formula is C23H26FN5O3. The summed E-state index contributed by atoms with van der Waals surface area (Å²) in [5, 5.41) is 17.7. The molecular weight excluding hydrogens is 413 g/mol. The standard InChI is InChI=1S/C23H26FN5O3/c1-14-17(23(30)29-9-2-3-19(26-31)22(29)25-14)8-12-28-10-6-15(7-11-28)21-18-5-4-16(24)13-20(18)32-27-21/h4-5,13,15,31H,2-3,6-12H2,1H3/b26-19-. The van der Waals surface area contributed by atoms with Gasteiger partial charge in [0.05, 0.1) is 5.69 Å². The minimum atomic E-state index is -0.322. The summed E-state index contributed by atoms with van der Waals surface area (Å²) in [6.07, 6.45) is 3.92. The van der Waals surface area contributed by atoms with Gasteiger partial charge in [-0.25, -0.2) is 9.37 Å². The first-order chi connectivity index (χ1) is 15.5. The van der Waals surface area contributed by atoms with Crippen LogP contribution in [0.15, 0.2) is 32.7 Å². The number of aromatic nitrogens is 3. The van der Waals surface area contributed by atoms with Gasteiger partial charge in [-0.2, -0.15) is 0 Å². The van der Waals surface area contributed by atoms with Gasteiger partial charge in [-0.15, -0.1) is 0 Å². The maximum atomic E-state index is 13.4. The van der Waals surface area contributed by atoms with Crippen LogP contribution in [0.5, 0.6) is 0 Å². The first-order valence-electron chi connectivity index (χ1n) is 11.1. The van der Waals surface area contributed by atoms with Gasteiger partial charge < -0.3 is 14.6 Å². The van der Waals surface area contributed by atoms with E-state index in [9.17, 15) is 14.4 Å². The number of benzene rings is 1. The first kappa shape index (κ1) is 20.8. The monoisotopic (exact) mass is 439 g/mol. The fourth-order valence-electron chi connectivity index (χ4n) is 4.95. The number of nitrogens with zero attached hydrogens (tertiary/aromatic N) is 5. The number of piperidine rings is 1. The molecule has 5 rings (SSSR count). The molecule has 0 amide bonds.